The monoisotopic (exact) mass is 281 g/mol. The van der Waals surface area contributed by atoms with Crippen LogP contribution in [-0.2, 0) is 0 Å². The van der Waals surface area contributed by atoms with Crippen LogP contribution in [0.2, 0.25) is 0 Å². The zero-order valence-corrected chi connectivity index (χ0v) is 13.5. The van der Waals surface area contributed by atoms with E-state index >= 15 is 0 Å². The maximum atomic E-state index is 4.36. The number of nitrogens with one attached hydrogen (secondary N) is 1. The summed E-state index contributed by atoms with van der Waals surface area (Å²) in [6, 6.07) is 0.468. The first kappa shape index (κ1) is 14.9. The van der Waals surface area contributed by atoms with Crippen molar-refractivity contribution in [3.05, 3.63) is 10.6 Å². The van der Waals surface area contributed by atoms with E-state index in [0.29, 0.717) is 12.0 Å². The van der Waals surface area contributed by atoms with E-state index in [4.69, 9.17) is 0 Å². The van der Waals surface area contributed by atoms with Crippen molar-refractivity contribution < 1.29 is 0 Å². The third kappa shape index (κ3) is 3.54. The van der Waals surface area contributed by atoms with Gasteiger partial charge >= 0.3 is 0 Å². The molecule has 1 aromatic rings. The minimum Gasteiger partial charge on any atom is -0.309 e. The van der Waals surface area contributed by atoms with E-state index < -0.39 is 0 Å². The van der Waals surface area contributed by atoms with Gasteiger partial charge in [0.1, 0.15) is 0 Å². The maximum absolute atomic E-state index is 4.36. The molecule has 0 bridgehead atoms. The Morgan fingerprint density at radius 1 is 1.26 bits per heavy atom. The molecule has 0 aliphatic heterocycles. The fourth-order valence-electron chi connectivity index (χ4n) is 3.13. The molecule has 19 heavy (non-hydrogen) atoms. The number of hydrogen-bond donors (Lipinski definition) is 1. The molecule has 1 saturated carbocycles. The van der Waals surface area contributed by atoms with Crippen molar-refractivity contribution in [1.82, 2.24) is 14.9 Å². The van der Waals surface area contributed by atoms with Gasteiger partial charge in [0.05, 0.1) is 10.6 Å². The molecule has 108 valence electrons. The van der Waals surface area contributed by atoms with Crippen molar-refractivity contribution in [1.29, 1.82) is 0 Å². The predicted octanol–water partition coefficient (Wildman–Crippen LogP) is 4.14. The molecule has 0 aromatic carbocycles. The van der Waals surface area contributed by atoms with Gasteiger partial charge in [0.15, 0.2) is 0 Å². The smallest absolute Gasteiger partial charge is 0.0829 e. The molecule has 1 fully saturated rings. The van der Waals surface area contributed by atoms with Crippen LogP contribution in [-0.4, -0.2) is 16.1 Å². The summed E-state index contributed by atoms with van der Waals surface area (Å²) in [5, 5.41) is 8.05. The molecule has 4 heteroatoms. The molecule has 0 radical (unpaired) electrons. The fraction of sp³-hybridized carbons (Fsp3) is 0.867. The molecule has 1 heterocycles. The molecule has 0 spiro atoms. The van der Waals surface area contributed by atoms with E-state index in [1.165, 1.54) is 36.3 Å². The van der Waals surface area contributed by atoms with Gasteiger partial charge in [-0.05, 0) is 48.7 Å². The molecule has 1 N–H and O–H groups in total. The zero-order chi connectivity index (χ0) is 13.8. The lowest BCUT2D eigenvalue weighted by Crippen LogP contribution is -2.31. The predicted molar refractivity (Wildman–Crippen MR) is 81.5 cm³/mol. The summed E-state index contributed by atoms with van der Waals surface area (Å²) in [6.45, 7) is 10.0. The van der Waals surface area contributed by atoms with Crippen LogP contribution in [0.5, 0.6) is 0 Å². The highest BCUT2D eigenvalue weighted by Gasteiger charge is 2.30. The molecule has 1 aromatic heterocycles. The summed E-state index contributed by atoms with van der Waals surface area (Å²) < 4.78 is 4.21. The normalized spacial score (nSPS) is 25.7. The van der Waals surface area contributed by atoms with Crippen molar-refractivity contribution in [2.75, 3.05) is 6.54 Å². The fourth-order valence-corrected chi connectivity index (χ4v) is 4.11. The van der Waals surface area contributed by atoms with Crippen LogP contribution in [0.4, 0.5) is 0 Å². The molecule has 1 aliphatic carbocycles. The molecule has 3 nitrogen and oxygen atoms in total. The number of hydrogen-bond acceptors (Lipinski definition) is 4. The Morgan fingerprint density at radius 2 is 1.95 bits per heavy atom. The van der Waals surface area contributed by atoms with Crippen molar-refractivity contribution in [3.8, 4) is 0 Å². The van der Waals surface area contributed by atoms with E-state index in [1.807, 2.05) is 0 Å². The van der Waals surface area contributed by atoms with Crippen LogP contribution in [0.15, 0.2) is 0 Å². The Hall–Kier alpha value is -0.480. The first-order valence-corrected chi connectivity index (χ1v) is 8.46. The highest BCUT2D eigenvalue weighted by atomic mass is 32.1. The van der Waals surface area contributed by atoms with E-state index in [2.05, 4.69) is 42.6 Å². The minimum absolute atomic E-state index is 0.468. The Bertz CT molecular complexity index is 380. The van der Waals surface area contributed by atoms with Gasteiger partial charge in [0.25, 0.3) is 0 Å². The topological polar surface area (TPSA) is 37.8 Å². The van der Waals surface area contributed by atoms with E-state index in [0.717, 1.165) is 18.4 Å². The van der Waals surface area contributed by atoms with Crippen molar-refractivity contribution in [2.24, 2.45) is 11.8 Å². The van der Waals surface area contributed by atoms with Gasteiger partial charge in [-0.15, -0.1) is 5.10 Å². The van der Waals surface area contributed by atoms with Crippen LogP contribution in [0.25, 0.3) is 0 Å². The quantitative estimate of drug-likeness (QED) is 0.881. The lowest BCUT2D eigenvalue weighted by Gasteiger charge is -2.33. The third-order valence-electron chi connectivity index (χ3n) is 4.33. The van der Waals surface area contributed by atoms with Gasteiger partial charge in [-0.2, -0.15) is 0 Å². The summed E-state index contributed by atoms with van der Waals surface area (Å²) in [6.07, 6.45) is 5.42. The van der Waals surface area contributed by atoms with Gasteiger partial charge in [-0.1, -0.05) is 45.0 Å². The van der Waals surface area contributed by atoms with Crippen molar-refractivity contribution in [3.63, 3.8) is 0 Å². The summed E-state index contributed by atoms with van der Waals surface area (Å²) >= 11 is 1.60. The lowest BCUT2D eigenvalue weighted by molar-refractivity contribution is 0.234. The van der Waals surface area contributed by atoms with Crippen molar-refractivity contribution >= 4 is 11.5 Å². The van der Waals surface area contributed by atoms with E-state index in [9.17, 15) is 0 Å². The second-order valence-electron chi connectivity index (χ2n) is 6.23. The summed E-state index contributed by atoms with van der Waals surface area (Å²) in [5.41, 5.74) is 1.20. The third-order valence-corrected chi connectivity index (χ3v) is 5.15. The Balaban J connectivity index is 2.17. The zero-order valence-electron chi connectivity index (χ0n) is 12.6. The van der Waals surface area contributed by atoms with Crippen LogP contribution in [0, 0.1) is 11.8 Å². The van der Waals surface area contributed by atoms with Gasteiger partial charge in [0.2, 0.25) is 0 Å². The Labute approximate surface area is 121 Å². The first-order chi connectivity index (χ1) is 9.13. The van der Waals surface area contributed by atoms with Crippen LogP contribution in [0.1, 0.15) is 75.9 Å². The van der Waals surface area contributed by atoms with Gasteiger partial charge in [0, 0.05) is 6.04 Å². The highest BCUT2D eigenvalue weighted by Crippen LogP contribution is 2.39. The van der Waals surface area contributed by atoms with Crippen LogP contribution < -0.4 is 5.32 Å². The lowest BCUT2D eigenvalue weighted by atomic mass is 9.78. The summed E-state index contributed by atoms with van der Waals surface area (Å²) in [4.78, 5) is 1.39. The van der Waals surface area contributed by atoms with Crippen LogP contribution in [0.3, 0.4) is 0 Å². The summed E-state index contributed by atoms with van der Waals surface area (Å²) in [7, 11) is 0. The molecular weight excluding hydrogens is 254 g/mol. The molecule has 2 rings (SSSR count). The molecular formula is C15H27N3S. The second-order valence-corrected chi connectivity index (χ2v) is 7.02. The first-order valence-electron chi connectivity index (χ1n) is 7.69. The standard InChI is InChI=1S/C15H27N3S/c1-5-16-14(12-8-6-11(4)7-9-12)15-13(10(2)3)17-18-19-15/h10-12,14,16H,5-9H2,1-4H3. The SMILES string of the molecule is CCNC(c1snnc1C(C)C)C1CCC(C)CC1. The van der Waals surface area contributed by atoms with Crippen LogP contribution >= 0.6 is 11.5 Å². The highest BCUT2D eigenvalue weighted by molar-refractivity contribution is 7.05. The Morgan fingerprint density at radius 3 is 2.53 bits per heavy atom. The number of nitrogens with zero attached hydrogens (tertiary/aromatic N) is 2. The van der Waals surface area contributed by atoms with E-state index in [1.54, 1.807) is 11.5 Å². The maximum Gasteiger partial charge on any atom is 0.0829 e. The molecule has 0 saturated heterocycles. The number of aromatic nitrogens is 2. The largest absolute Gasteiger partial charge is 0.309 e. The molecule has 0 amide bonds. The molecule has 1 aliphatic rings. The number of rotatable bonds is 5. The van der Waals surface area contributed by atoms with Gasteiger partial charge in [-0.25, -0.2) is 0 Å². The Kier molecular flexibility index (Phi) is 5.34. The average Bonchev–Trinajstić information content (AvgIpc) is 2.86. The summed E-state index contributed by atoms with van der Waals surface area (Å²) in [5.74, 6) is 2.14. The van der Waals surface area contributed by atoms with Crippen molar-refractivity contribution in [2.45, 2.75) is 65.3 Å². The second kappa shape index (κ2) is 6.80. The molecule has 1 atom stereocenters. The molecule has 1 unspecified atom stereocenters. The van der Waals surface area contributed by atoms with Gasteiger partial charge < -0.3 is 5.32 Å². The van der Waals surface area contributed by atoms with Gasteiger partial charge in [-0.3, -0.25) is 0 Å². The average molecular weight is 281 g/mol. The minimum atomic E-state index is 0.468. The van der Waals surface area contributed by atoms with E-state index in [-0.39, 0.29) is 0 Å².